The number of sulfonamides is 1. The van der Waals surface area contributed by atoms with Crippen LogP contribution >= 0.6 is 0 Å². The SMILES string of the molecule is CC(=O)N1CCc2cc(S(=O)(=O)NC(=O)Nc3c4c(cc5c3CCC5)CCC4)oc2C1.[NaH]. The number of nitrogens with zero attached hydrogens (tertiary/aromatic N) is 1. The van der Waals surface area contributed by atoms with Gasteiger partial charge in [-0.05, 0) is 72.8 Å². The van der Waals surface area contributed by atoms with Crippen LogP contribution in [0.2, 0.25) is 0 Å². The van der Waals surface area contributed by atoms with Crippen LogP contribution in [0.5, 0.6) is 0 Å². The number of benzene rings is 1. The van der Waals surface area contributed by atoms with Crippen LogP contribution in [0.3, 0.4) is 0 Å². The molecule has 0 unspecified atom stereocenters. The Labute approximate surface area is 209 Å². The summed E-state index contributed by atoms with van der Waals surface area (Å²) < 4.78 is 33.2. The Balaban J connectivity index is 0.00000245. The van der Waals surface area contributed by atoms with Crippen LogP contribution in [0.1, 0.15) is 53.3 Å². The van der Waals surface area contributed by atoms with Crippen molar-refractivity contribution >= 4 is 57.2 Å². The summed E-state index contributed by atoms with van der Waals surface area (Å²) in [5.41, 5.74) is 6.31. The van der Waals surface area contributed by atoms with Crippen molar-refractivity contribution in [3.8, 4) is 0 Å². The molecule has 0 saturated heterocycles. The Morgan fingerprint density at radius 3 is 2.25 bits per heavy atom. The fraction of sp³-hybridized carbons (Fsp3) is 0.455. The van der Waals surface area contributed by atoms with Crippen molar-refractivity contribution < 1.29 is 22.4 Å². The van der Waals surface area contributed by atoms with Crippen LogP contribution < -0.4 is 10.0 Å². The fourth-order valence-corrected chi connectivity index (χ4v) is 5.88. The first-order valence-corrected chi connectivity index (χ1v) is 12.2. The summed E-state index contributed by atoms with van der Waals surface area (Å²) in [4.78, 5) is 25.9. The van der Waals surface area contributed by atoms with Gasteiger partial charge in [-0.1, -0.05) is 6.07 Å². The first-order valence-electron chi connectivity index (χ1n) is 10.7. The van der Waals surface area contributed by atoms with E-state index in [0.29, 0.717) is 18.7 Å². The van der Waals surface area contributed by atoms with Crippen LogP contribution in [0, 0.1) is 0 Å². The van der Waals surface area contributed by atoms with E-state index < -0.39 is 16.1 Å². The van der Waals surface area contributed by atoms with Crippen molar-refractivity contribution in [2.75, 3.05) is 11.9 Å². The monoisotopic (exact) mass is 467 g/mol. The maximum absolute atomic E-state index is 12.8. The number of anilines is 1. The zero-order valence-corrected chi connectivity index (χ0v) is 18.2. The molecule has 2 N–H and O–H groups in total. The van der Waals surface area contributed by atoms with Gasteiger partial charge in [-0.3, -0.25) is 4.79 Å². The summed E-state index contributed by atoms with van der Waals surface area (Å²) in [6, 6.07) is 2.91. The topological polar surface area (TPSA) is 109 Å². The van der Waals surface area contributed by atoms with Gasteiger partial charge in [-0.15, -0.1) is 0 Å². The van der Waals surface area contributed by atoms with Gasteiger partial charge in [0, 0.05) is 25.2 Å². The molecular weight excluding hydrogens is 441 g/mol. The Hall–Kier alpha value is -1.81. The van der Waals surface area contributed by atoms with Gasteiger partial charge in [0.2, 0.25) is 11.0 Å². The van der Waals surface area contributed by atoms with Gasteiger partial charge in [-0.25, -0.2) is 9.52 Å². The van der Waals surface area contributed by atoms with Crippen molar-refractivity contribution in [2.24, 2.45) is 0 Å². The number of fused-ring (bicyclic) bond motifs is 3. The first-order chi connectivity index (χ1) is 14.8. The number of hydrogen-bond donors (Lipinski definition) is 2. The number of furan rings is 1. The van der Waals surface area contributed by atoms with E-state index in [1.165, 1.54) is 24.1 Å². The van der Waals surface area contributed by atoms with Gasteiger partial charge < -0.3 is 14.6 Å². The third-order valence-electron chi connectivity index (χ3n) is 6.51. The van der Waals surface area contributed by atoms with Gasteiger partial charge in [0.1, 0.15) is 5.76 Å². The van der Waals surface area contributed by atoms with Crippen LogP contribution in [0.15, 0.2) is 21.6 Å². The molecule has 0 radical (unpaired) electrons. The van der Waals surface area contributed by atoms with Gasteiger partial charge in [0.25, 0.3) is 10.0 Å². The molecule has 10 heteroatoms. The van der Waals surface area contributed by atoms with Crippen LogP contribution in [0.25, 0.3) is 0 Å². The third kappa shape index (κ3) is 4.23. The average Bonchev–Trinajstić information content (AvgIpc) is 3.45. The van der Waals surface area contributed by atoms with Crippen LogP contribution in [-0.4, -0.2) is 61.4 Å². The van der Waals surface area contributed by atoms with Crippen LogP contribution in [-0.2, 0) is 53.5 Å². The van der Waals surface area contributed by atoms with Crippen LogP contribution in [0.4, 0.5) is 10.5 Å². The maximum atomic E-state index is 12.8. The minimum absolute atomic E-state index is 0. The van der Waals surface area contributed by atoms with Crippen molar-refractivity contribution in [2.45, 2.75) is 63.5 Å². The summed E-state index contributed by atoms with van der Waals surface area (Å²) in [5, 5.41) is 2.52. The Morgan fingerprint density at radius 1 is 0.969 bits per heavy atom. The standard InChI is InChI=1S/C22H25N3O5S.Na.H/c1-13(26)25-9-8-16-11-20(30-19(16)12-25)31(28,29)24-22(27)23-21-17-6-2-4-14(17)10-15-5-3-7-18(15)21;;/h10-11H,2-9,12H2,1H3,(H2,23,24,27);;. The molecule has 8 nitrogen and oxygen atoms in total. The van der Waals surface area contributed by atoms with Crippen molar-refractivity contribution in [3.05, 3.63) is 45.7 Å². The first kappa shape index (κ1) is 23.4. The summed E-state index contributed by atoms with van der Waals surface area (Å²) >= 11 is 0. The van der Waals surface area contributed by atoms with Gasteiger partial charge >= 0.3 is 35.6 Å². The summed E-state index contributed by atoms with van der Waals surface area (Å²) in [6.45, 7) is 2.21. The molecule has 2 aromatic rings. The molecule has 2 aliphatic carbocycles. The number of carbonyl (C=O) groups excluding carboxylic acids is 2. The molecule has 0 saturated carbocycles. The van der Waals surface area contributed by atoms with Crippen molar-refractivity contribution in [1.29, 1.82) is 0 Å². The molecule has 3 aliphatic rings. The number of aryl methyl sites for hydroxylation is 2. The van der Waals surface area contributed by atoms with E-state index in [9.17, 15) is 18.0 Å². The third-order valence-corrected chi connectivity index (χ3v) is 7.69. The zero-order valence-electron chi connectivity index (χ0n) is 17.4. The van der Waals surface area contributed by atoms with Crippen molar-refractivity contribution in [1.82, 2.24) is 9.62 Å². The van der Waals surface area contributed by atoms with E-state index in [0.717, 1.165) is 60.9 Å². The summed E-state index contributed by atoms with van der Waals surface area (Å²) in [7, 11) is -4.17. The molecule has 5 rings (SSSR count). The molecule has 3 amide bonds. The van der Waals surface area contributed by atoms with E-state index in [1.807, 2.05) is 0 Å². The van der Waals surface area contributed by atoms with E-state index in [2.05, 4.69) is 16.1 Å². The van der Waals surface area contributed by atoms with E-state index in [-0.39, 0.29) is 47.1 Å². The van der Waals surface area contributed by atoms with Gasteiger partial charge in [-0.2, -0.15) is 8.42 Å². The number of rotatable bonds is 3. The molecule has 1 aromatic heterocycles. The van der Waals surface area contributed by atoms with Crippen molar-refractivity contribution in [3.63, 3.8) is 0 Å². The summed E-state index contributed by atoms with van der Waals surface area (Å²) in [5.74, 6) is 0.354. The van der Waals surface area contributed by atoms with E-state index >= 15 is 0 Å². The molecule has 2 heterocycles. The Kier molecular flexibility index (Phi) is 6.46. The summed E-state index contributed by atoms with van der Waals surface area (Å²) in [6.07, 6.45) is 6.37. The quantitative estimate of drug-likeness (QED) is 0.672. The second-order valence-corrected chi connectivity index (χ2v) is 10.1. The number of hydrogen-bond acceptors (Lipinski definition) is 5. The number of urea groups is 1. The fourth-order valence-electron chi connectivity index (χ4n) is 4.97. The van der Waals surface area contributed by atoms with E-state index in [1.54, 1.807) is 4.90 Å². The molecule has 1 aliphatic heterocycles. The Morgan fingerprint density at radius 2 is 1.62 bits per heavy atom. The molecule has 0 fully saturated rings. The normalized spacial score (nSPS) is 16.6. The molecule has 0 bridgehead atoms. The average molecular weight is 468 g/mol. The number of nitrogens with one attached hydrogen (secondary N) is 2. The molecule has 1 aromatic carbocycles. The predicted molar refractivity (Wildman–Crippen MR) is 120 cm³/mol. The van der Waals surface area contributed by atoms with Gasteiger partial charge in [0.05, 0.1) is 6.54 Å². The number of amides is 3. The molecular formula is C22H26N3NaO5S. The second-order valence-electron chi connectivity index (χ2n) is 8.50. The molecule has 166 valence electrons. The second kappa shape index (κ2) is 8.85. The predicted octanol–water partition coefficient (Wildman–Crippen LogP) is 2.02. The number of carbonyl (C=O) groups is 2. The van der Waals surface area contributed by atoms with Gasteiger partial charge in [0.15, 0.2) is 0 Å². The zero-order chi connectivity index (χ0) is 21.8. The molecule has 0 spiro atoms. The minimum atomic E-state index is -4.17. The molecule has 32 heavy (non-hydrogen) atoms. The van der Waals surface area contributed by atoms with E-state index in [4.69, 9.17) is 4.42 Å². The Bertz CT molecular complexity index is 1170. The molecule has 0 atom stereocenters.